The number of rotatable bonds is 7. The lowest BCUT2D eigenvalue weighted by Gasteiger charge is -2.28. The molecule has 1 aromatic carbocycles. The van der Waals surface area contributed by atoms with Crippen LogP contribution in [0.1, 0.15) is 47.2 Å². The molecule has 0 spiro atoms. The van der Waals surface area contributed by atoms with Gasteiger partial charge in [0.1, 0.15) is 5.75 Å². The second-order valence-corrected chi connectivity index (χ2v) is 9.08. The largest absolute Gasteiger partial charge is 0.494 e. The van der Waals surface area contributed by atoms with Crippen LogP contribution in [0.5, 0.6) is 5.75 Å². The van der Waals surface area contributed by atoms with E-state index >= 15 is 0 Å². The molecule has 4 heterocycles. The quantitative estimate of drug-likeness (QED) is 0.350. The molecule has 1 saturated heterocycles. The molecule has 4 aromatic rings. The Bertz CT molecular complexity index is 1300. The molecule has 1 N–H and O–H groups in total. The van der Waals surface area contributed by atoms with Gasteiger partial charge in [-0.2, -0.15) is 0 Å². The second kappa shape index (κ2) is 9.88. The molecule has 35 heavy (non-hydrogen) atoms. The molecule has 6 nitrogen and oxygen atoms in total. The first-order valence-corrected chi connectivity index (χ1v) is 12.3. The van der Waals surface area contributed by atoms with E-state index in [1.807, 2.05) is 55.8 Å². The molecular weight excluding hydrogens is 454 g/mol. The molecule has 0 saturated carbocycles. The molecule has 0 radical (unpaired) electrons. The number of aryl methyl sites for hydroxylation is 1. The summed E-state index contributed by atoms with van der Waals surface area (Å²) in [7, 11) is 0. The highest BCUT2D eigenvalue weighted by Gasteiger charge is 2.42. The third-order valence-corrected chi connectivity index (χ3v) is 6.83. The van der Waals surface area contributed by atoms with Crippen molar-refractivity contribution in [2.75, 3.05) is 11.5 Å². The van der Waals surface area contributed by atoms with E-state index in [2.05, 4.69) is 68.9 Å². The number of hydrogen-bond acceptors (Lipinski definition) is 4. The van der Waals surface area contributed by atoms with Crippen molar-refractivity contribution >= 4 is 23.0 Å². The Labute approximate surface area is 211 Å². The van der Waals surface area contributed by atoms with Crippen LogP contribution in [0.15, 0.2) is 79.3 Å². The highest BCUT2D eigenvalue weighted by atomic mass is 32.1. The Balaban J connectivity index is 1.59. The van der Waals surface area contributed by atoms with Crippen LogP contribution in [0.4, 0.5) is 5.69 Å². The van der Waals surface area contributed by atoms with Crippen molar-refractivity contribution in [2.24, 2.45) is 0 Å². The van der Waals surface area contributed by atoms with Crippen molar-refractivity contribution in [2.45, 2.75) is 39.4 Å². The van der Waals surface area contributed by atoms with Crippen LogP contribution in [-0.4, -0.2) is 26.3 Å². The molecule has 1 fully saturated rings. The van der Waals surface area contributed by atoms with Gasteiger partial charge in [0.05, 0.1) is 24.4 Å². The fourth-order valence-electron chi connectivity index (χ4n) is 4.86. The lowest BCUT2D eigenvalue weighted by Crippen LogP contribution is -2.29. The Morgan fingerprint density at radius 1 is 1.03 bits per heavy atom. The van der Waals surface area contributed by atoms with Gasteiger partial charge in [0.2, 0.25) is 0 Å². The molecule has 0 aliphatic carbocycles. The van der Waals surface area contributed by atoms with E-state index in [0.29, 0.717) is 11.7 Å². The molecular formula is C28H29N5OS. The molecule has 0 bridgehead atoms. The summed E-state index contributed by atoms with van der Waals surface area (Å²) in [6.07, 6.45) is 5.57. The van der Waals surface area contributed by atoms with E-state index in [1.165, 1.54) is 22.5 Å². The minimum Gasteiger partial charge on any atom is -0.494 e. The predicted octanol–water partition coefficient (Wildman–Crippen LogP) is 5.52. The summed E-state index contributed by atoms with van der Waals surface area (Å²) in [6.45, 7) is 7.74. The zero-order valence-corrected chi connectivity index (χ0v) is 21.0. The summed E-state index contributed by atoms with van der Waals surface area (Å²) < 4.78 is 8.01. The maximum absolute atomic E-state index is 5.89. The Kier molecular flexibility index (Phi) is 6.51. The number of nitrogens with one attached hydrogen (secondary N) is 1. The van der Waals surface area contributed by atoms with Gasteiger partial charge in [-0.25, -0.2) is 0 Å². The van der Waals surface area contributed by atoms with Crippen LogP contribution in [0.3, 0.4) is 0 Å². The number of nitrogens with zero attached hydrogens (tertiary/aromatic N) is 4. The van der Waals surface area contributed by atoms with Crippen LogP contribution < -0.4 is 15.0 Å². The van der Waals surface area contributed by atoms with Gasteiger partial charge in [-0.3, -0.25) is 9.97 Å². The van der Waals surface area contributed by atoms with Crippen LogP contribution >= 0.6 is 12.2 Å². The summed E-state index contributed by atoms with van der Waals surface area (Å²) in [6, 6.07) is 20.4. The van der Waals surface area contributed by atoms with E-state index < -0.39 is 0 Å². The second-order valence-electron chi connectivity index (χ2n) is 8.70. The summed E-state index contributed by atoms with van der Waals surface area (Å²) >= 11 is 5.89. The van der Waals surface area contributed by atoms with Gasteiger partial charge in [0.25, 0.3) is 0 Å². The zero-order chi connectivity index (χ0) is 24.4. The highest BCUT2D eigenvalue weighted by Crippen LogP contribution is 2.43. The Morgan fingerprint density at radius 3 is 2.54 bits per heavy atom. The number of thiocarbonyl (C=S) groups is 1. The average molecular weight is 484 g/mol. The van der Waals surface area contributed by atoms with Crippen LogP contribution in [0.2, 0.25) is 0 Å². The van der Waals surface area contributed by atoms with Crippen LogP contribution in [0.25, 0.3) is 0 Å². The van der Waals surface area contributed by atoms with Gasteiger partial charge >= 0.3 is 0 Å². The Hall–Kier alpha value is -3.71. The molecule has 1 aliphatic heterocycles. The van der Waals surface area contributed by atoms with Gasteiger partial charge < -0.3 is 19.5 Å². The number of benzene rings is 1. The monoisotopic (exact) mass is 483 g/mol. The minimum absolute atomic E-state index is 0.0517. The lowest BCUT2D eigenvalue weighted by molar-refractivity contribution is 0.340. The maximum Gasteiger partial charge on any atom is 0.174 e. The van der Waals surface area contributed by atoms with Crippen LogP contribution in [-0.2, 0) is 6.54 Å². The molecule has 7 heteroatoms. The third-order valence-electron chi connectivity index (χ3n) is 6.52. The molecule has 3 aromatic heterocycles. The molecule has 178 valence electrons. The normalized spacial score (nSPS) is 17.5. The van der Waals surface area contributed by atoms with E-state index in [4.69, 9.17) is 17.0 Å². The number of aromatic nitrogens is 3. The topological polar surface area (TPSA) is 55.2 Å². The SMILES string of the molecule is CCOc1ccc(N2C(=S)NC(c3ccccn3)C2c2cc(C)n(Cc3cccnc3)c2C)cc1. The highest BCUT2D eigenvalue weighted by molar-refractivity contribution is 7.80. The Morgan fingerprint density at radius 2 is 1.86 bits per heavy atom. The standard InChI is InChI=1S/C28H29N5OS/c1-4-34-23-12-10-22(11-13-23)33-27(26(31-28(33)35)25-9-5-6-15-30-25)24-16-19(2)32(20(24)3)18-21-8-7-14-29-17-21/h5-17,26-27H,4,18H2,1-3H3,(H,31,35). The van der Waals surface area contributed by atoms with Crippen molar-refractivity contribution in [1.82, 2.24) is 19.9 Å². The van der Waals surface area contributed by atoms with Gasteiger partial charge in [-0.15, -0.1) is 0 Å². The predicted molar refractivity (Wildman–Crippen MR) is 143 cm³/mol. The number of ether oxygens (including phenoxy) is 1. The van der Waals surface area contributed by atoms with E-state index in [-0.39, 0.29) is 12.1 Å². The fourth-order valence-corrected chi connectivity index (χ4v) is 5.21. The van der Waals surface area contributed by atoms with Gasteiger partial charge in [0, 0.05) is 42.2 Å². The van der Waals surface area contributed by atoms with E-state index in [0.717, 1.165) is 23.7 Å². The number of anilines is 1. The van der Waals surface area contributed by atoms with Gasteiger partial charge in [0.15, 0.2) is 5.11 Å². The van der Waals surface area contributed by atoms with Crippen molar-refractivity contribution in [3.05, 3.63) is 107 Å². The third kappa shape index (κ3) is 4.51. The summed E-state index contributed by atoms with van der Waals surface area (Å²) in [4.78, 5) is 11.2. The molecule has 2 atom stereocenters. The summed E-state index contributed by atoms with van der Waals surface area (Å²) in [5.74, 6) is 0.849. The van der Waals surface area contributed by atoms with E-state index in [1.54, 1.807) is 0 Å². The molecule has 1 aliphatic rings. The first-order valence-electron chi connectivity index (χ1n) is 11.9. The zero-order valence-electron chi connectivity index (χ0n) is 20.2. The number of pyridine rings is 2. The van der Waals surface area contributed by atoms with E-state index in [9.17, 15) is 0 Å². The molecule has 5 rings (SSSR count). The van der Waals surface area contributed by atoms with Crippen molar-refractivity contribution in [3.8, 4) is 5.75 Å². The fraction of sp³-hybridized carbons (Fsp3) is 0.250. The first kappa shape index (κ1) is 23.1. The average Bonchev–Trinajstić information content (AvgIpc) is 3.37. The minimum atomic E-state index is -0.0809. The molecule has 2 unspecified atom stereocenters. The number of hydrogen-bond donors (Lipinski definition) is 1. The smallest absolute Gasteiger partial charge is 0.174 e. The first-order chi connectivity index (χ1) is 17.1. The lowest BCUT2D eigenvalue weighted by atomic mass is 9.96. The van der Waals surface area contributed by atoms with Crippen molar-refractivity contribution < 1.29 is 4.74 Å². The van der Waals surface area contributed by atoms with Crippen molar-refractivity contribution in [1.29, 1.82) is 0 Å². The van der Waals surface area contributed by atoms with Crippen LogP contribution in [0, 0.1) is 13.8 Å². The van der Waals surface area contributed by atoms with Gasteiger partial charge in [-0.05, 0) is 92.6 Å². The maximum atomic E-state index is 5.89. The summed E-state index contributed by atoms with van der Waals surface area (Å²) in [5.41, 5.74) is 6.79. The molecule has 0 amide bonds. The van der Waals surface area contributed by atoms with Gasteiger partial charge in [-0.1, -0.05) is 12.1 Å². The van der Waals surface area contributed by atoms with Crippen molar-refractivity contribution in [3.63, 3.8) is 0 Å². The summed E-state index contributed by atoms with van der Waals surface area (Å²) in [5, 5.41) is 4.24.